The molecule has 0 bridgehead atoms. The monoisotopic (exact) mass is 377 g/mol. The minimum Gasteiger partial charge on any atom is -0.312 e. The Morgan fingerprint density at radius 3 is 2.78 bits per heavy atom. The largest absolute Gasteiger partial charge is 0.312 e. The second kappa shape index (κ2) is 7.32. The van der Waals surface area contributed by atoms with Crippen LogP contribution >= 0.6 is 11.3 Å². The third-order valence-electron chi connectivity index (χ3n) is 4.69. The van der Waals surface area contributed by atoms with Crippen LogP contribution in [-0.4, -0.2) is 22.0 Å². The molecule has 1 amide bonds. The molecule has 0 atom stereocenters. The summed E-state index contributed by atoms with van der Waals surface area (Å²) in [5.74, 6) is -0.00818. The maximum Gasteiger partial charge on any atom is 0.262 e. The van der Waals surface area contributed by atoms with Crippen molar-refractivity contribution in [2.75, 3.05) is 11.4 Å². The zero-order valence-electron chi connectivity index (χ0n) is 15.0. The van der Waals surface area contributed by atoms with Gasteiger partial charge in [0.15, 0.2) is 0 Å². The Bertz CT molecular complexity index is 1170. The van der Waals surface area contributed by atoms with E-state index in [1.165, 1.54) is 22.2 Å². The van der Waals surface area contributed by atoms with Crippen LogP contribution in [-0.2, 0) is 11.3 Å². The fourth-order valence-electron chi connectivity index (χ4n) is 3.33. The molecule has 0 radical (unpaired) electrons. The molecule has 2 aromatic heterocycles. The normalized spacial score (nSPS) is 11.1. The van der Waals surface area contributed by atoms with Gasteiger partial charge in [0.2, 0.25) is 5.91 Å². The van der Waals surface area contributed by atoms with Gasteiger partial charge in [-0.15, -0.1) is 11.3 Å². The average molecular weight is 377 g/mol. The van der Waals surface area contributed by atoms with E-state index in [0.29, 0.717) is 18.5 Å². The van der Waals surface area contributed by atoms with Gasteiger partial charge >= 0.3 is 0 Å². The van der Waals surface area contributed by atoms with E-state index in [1.807, 2.05) is 54.8 Å². The summed E-state index contributed by atoms with van der Waals surface area (Å²) in [6, 6.07) is 15.8. The van der Waals surface area contributed by atoms with Crippen LogP contribution in [0.15, 0.2) is 65.0 Å². The highest BCUT2D eigenvalue weighted by molar-refractivity contribution is 7.16. The highest BCUT2D eigenvalue weighted by atomic mass is 32.1. The van der Waals surface area contributed by atoms with E-state index in [1.54, 1.807) is 11.0 Å². The summed E-state index contributed by atoms with van der Waals surface area (Å²) >= 11 is 1.44. The lowest BCUT2D eigenvalue weighted by atomic mass is 10.1. The number of benzene rings is 2. The van der Waals surface area contributed by atoms with E-state index in [2.05, 4.69) is 4.98 Å². The second-order valence-corrected chi connectivity index (χ2v) is 7.16. The Kier molecular flexibility index (Phi) is 4.73. The highest BCUT2D eigenvalue weighted by Gasteiger charge is 2.16. The Balaban J connectivity index is 1.58. The molecule has 4 aromatic rings. The number of thiophene rings is 1. The molecule has 0 saturated carbocycles. The topological polar surface area (TPSA) is 55.2 Å². The van der Waals surface area contributed by atoms with Crippen molar-refractivity contribution in [3.05, 3.63) is 70.6 Å². The molecule has 0 N–H and O–H groups in total. The number of hydrogen-bond acceptors (Lipinski definition) is 4. The van der Waals surface area contributed by atoms with Gasteiger partial charge in [-0.2, -0.15) is 0 Å². The van der Waals surface area contributed by atoms with Crippen LogP contribution in [0.2, 0.25) is 0 Å². The number of nitrogens with zero attached hydrogens (tertiary/aromatic N) is 3. The van der Waals surface area contributed by atoms with E-state index >= 15 is 0 Å². The Morgan fingerprint density at radius 1 is 1.11 bits per heavy atom. The van der Waals surface area contributed by atoms with Crippen LogP contribution in [0.5, 0.6) is 0 Å². The number of aromatic nitrogens is 2. The standard InChI is InChI=1S/C21H19N3O2S/c1-2-24(18-9-5-7-15-6-3-4-8-16(15)18)19(25)10-12-23-14-22-20-17(21(23)26)11-13-27-20/h3-9,11,13-14H,2,10,12H2,1H3. The molecule has 5 nitrogen and oxygen atoms in total. The van der Waals surface area contributed by atoms with Crippen molar-refractivity contribution in [2.24, 2.45) is 0 Å². The molecule has 0 aliphatic heterocycles. The van der Waals surface area contributed by atoms with Crippen molar-refractivity contribution in [3.63, 3.8) is 0 Å². The van der Waals surface area contributed by atoms with E-state index in [-0.39, 0.29) is 17.9 Å². The molecule has 2 heterocycles. The SMILES string of the molecule is CCN(C(=O)CCn1cnc2sccc2c1=O)c1cccc2ccccc12. The number of hydrogen-bond donors (Lipinski definition) is 0. The van der Waals surface area contributed by atoms with Crippen LogP contribution in [0.4, 0.5) is 5.69 Å². The number of aryl methyl sites for hydroxylation is 1. The molecule has 4 rings (SSSR count). The van der Waals surface area contributed by atoms with Crippen LogP contribution < -0.4 is 10.5 Å². The predicted octanol–water partition coefficient (Wildman–Crippen LogP) is 4.05. The van der Waals surface area contributed by atoms with Crippen molar-refractivity contribution in [3.8, 4) is 0 Å². The Hall–Kier alpha value is -2.99. The third kappa shape index (κ3) is 3.24. The first-order valence-corrected chi connectivity index (χ1v) is 9.78. The number of rotatable bonds is 5. The summed E-state index contributed by atoms with van der Waals surface area (Å²) in [4.78, 5) is 32.2. The summed E-state index contributed by atoms with van der Waals surface area (Å²) in [7, 11) is 0. The van der Waals surface area contributed by atoms with Crippen LogP contribution in [0, 0.1) is 0 Å². The molecule has 0 spiro atoms. The first-order chi connectivity index (χ1) is 13.2. The molecule has 0 saturated heterocycles. The van der Waals surface area contributed by atoms with Gasteiger partial charge in [0.25, 0.3) is 5.56 Å². The van der Waals surface area contributed by atoms with Gasteiger partial charge in [0.1, 0.15) is 4.83 Å². The summed E-state index contributed by atoms with van der Waals surface area (Å²) in [5.41, 5.74) is 0.807. The fraction of sp³-hybridized carbons (Fsp3) is 0.190. The average Bonchev–Trinajstić information content (AvgIpc) is 3.18. The van der Waals surface area contributed by atoms with Crippen molar-refractivity contribution in [1.29, 1.82) is 0 Å². The van der Waals surface area contributed by atoms with Gasteiger partial charge in [-0.3, -0.25) is 14.2 Å². The predicted molar refractivity (Wildman–Crippen MR) is 110 cm³/mol. The van der Waals surface area contributed by atoms with E-state index < -0.39 is 0 Å². The van der Waals surface area contributed by atoms with Crippen molar-refractivity contribution in [1.82, 2.24) is 9.55 Å². The zero-order valence-corrected chi connectivity index (χ0v) is 15.8. The van der Waals surface area contributed by atoms with Gasteiger partial charge in [-0.25, -0.2) is 4.98 Å². The van der Waals surface area contributed by atoms with Crippen LogP contribution in [0.3, 0.4) is 0 Å². The number of carbonyl (C=O) groups excluding carboxylic acids is 1. The van der Waals surface area contributed by atoms with E-state index in [4.69, 9.17) is 0 Å². The summed E-state index contributed by atoms with van der Waals surface area (Å²) < 4.78 is 1.52. The third-order valence-corrected chi connectivity index (χ3v) is 5.51. The molecule has 0 fully saturated rings. The minimum absolute atomic E-state index is 0.00818. The zero-order chi connectivity index (χ0) is 18.8. The molecular weight excluding hydrogens is 358 g/mol. The summed E-state index contributed by atoms with van der Waals surface area (Å²) in [5, 5.41) is 4.61. The first-order valence-electron chi connectivity index (χ1n) is 8.90. The summed E-state index contributed by atoms with van der Waals surface area (Å²) in [6.07, 6.45) is 1.77. The van der Waals surface area contributed by atoms with Gasteiger partial charge in [0.05, 0.1) is 17.4 Å². The molecule has 2 aromatic carbocycles. The number of fused-ring (bicyclic) bond motifs is 2. The Morgan fingerprint density at radius 2 is 1.93 bits per heavy atom. The van der Waals surface area contributed by atoms with Crippen molar-refractivity contribution < 1.29 is 4.79 Å². The number of carbonyl (C=O) groups is 1. The Labute approximate surface area is 160 Å². The number of amides is 1. The molecule has 27 heavy (non-hydrogen) atoms. The maximum absolute atomic E-state index is 12.9. The minimum atomic E-state index is -0.0951. The molecular formula is C21H19N3O2S. The van der Waals surface area contributed by atoms with Crippen molar-refractivity contribution in [2.45, 2.75) is 19.9 Å². The lowest BCUT2D eigenvalue weighted by molar-refractivity contribution is -0.118. The van der Waals surface area contributed by atoms with Gasteiger partial charge in [-0.1, -0.05) is 36.4 Å². The first kappa shape index (κ1) is 17.4. The molecule has 136 valence electrons. The smallest absolute Gasteiger partial charge is 0.262 e. The van der Waals surface area contributed by atoms with Gasteiger partial charge < -0.3 is 4.90 Å². The van der Waals surface area contributed by atoms with Crippen molar-refractivity contribution >= 4 is 43.9 Å². The molecule has 0 aliphatic carbocycles. The maximum atomic E-state index is 12.9. The quantitative estimate of drug-likeness (QED) is 0.527. The number of anilines is 1. The molecule has 0 aliphatic rings. The highest BCUT2D eigenvalue weighted by Crippen LogP contribution is 2.27. The fourth-order valence-corrected chi connectivity index (χ4v) is 4.05. The lowest BCUT2D eigenvalue weighted by Crippen LogP contribution is -2.32. The lowest BCUT2D eigenvalue weighted by Gasteiger charge is -2.23. The van der Waals surface area contributed by atoms with Crippen LogP contribution in [0.25, 0.3) is 21.0 Å². The van der Waals surface area contributed by atoms with E-state index in [9.17, 15) is 9.59 Å². The van der Waals surface area contributed by atoms with Gasteiger partial charge in [0, 0.05) is 24.9 Å². The van der Waals surface area contributed by atoms with E-state index in [0.717, 1.165) is 21.3 Å². The van der Waals surface area contributed by atoms with Crippen LogP contribution in [0.1, 0.15) is 13.3 Å². The van der Waals surface area contributed by atoms with Gasteiger partial charge in [-0.05, 0) is 29.8 Å². The summed E-state index contributed by atoms with van der Waals surface area (Å²) in [6.45, 7) is 2.85. The molecule has 0 unspecified atom stereocenters. The molecule has 6 heteroatoms. The second-order valence-electron chi connectivity index (χ2n) is 6.27.